The van der Waals surface area contributed by atoms with Crippen molar-refractivity contribution >= 4 is 11.9 Å². The molecule has 3 N–H and O–H groups in total. The number of carbonyl (C=O) groups is 2. The van der Waals surface area contributed by atoms with Crippen LogP contribution in [0.4, 0.5) is 0 Å². The zero-order valence-corrected chi connectivity index (χ0v) is 10.3. The van der Waals surface area contributed by atoms with Gasteiger partial charge < -0.3 is 20.5 Å². The van der Waals surface area contributed by atoms with E-state index in [1.54, 1.807) is 30.3 Å². The van der Waals surface area contributed by atoms with E-state index in [1.807, 2.05) is 0 Å². The Bertz CT molecular complexity index is 443. The summed E-state index contributed by atoms with van der Waals surface area (Å²) in [4.78, 5) is 23.2. The first-order chi connectivity index (χ1) is 9.18. The Labute approximate surface area is 110 Å². The van der Waals surface area contributed by atoms with E-state index in [9.17, 15) is 14.7 Å². The summed E-state index contributed by atoms with van der Waals surface area (Å²) in [5.41, 5.74) is 0.534. The molecular weight excluding hydrogens is 248 g/mol. The van der Waals surface area contributed by atoms with Gasteiger partial charge in [-0.1, -0.05) is 30.3 Å². The highest BCUT2D eigenvalue weighted by Crippen LogP contribution is 2.13. The molecule has 0 saturated carbocycles. The monoisotopic (exact) mass is 264 g/mol. The van der Waals surface area contributed by atoms with Crippen molar-refractivity contribution < 1.29 is 19.4 Å². The van der Waals surface area contributed by atoms with Crippen LogP contribution < -0.4 is 10.6 Å². The first-order valence-corrected chi connectivity index (χ1v) is 6.09. The Hall–Kier alpha value is -1.92. The van der Waals surface area contributed by atoms with E-state index in [0.29, 0.717) is 25.3 Å². The predicted molar refractivity (Wildman–Crippen MR) is 67.6 cm³/mol. The fourth-order valence-electron chi connectivity index (χ4n) is 1.90. The molecule has 2 unspecified atom stereocenters. The lowest BCUT2D eigenvalue weighted by Crippen LogP contribution is -2.49. The van der Waals surface area contributed by atoms with Crippen LogP contribution in [0.2, 0.25) is 0 Å². The minimum atomic E-state index is -1.09. The molecule has 0 bridgehead atoms. The third-order valence-corrected chi connectivity index (χ3v) is 2.89. The summed E-state index contributed by atoms with van der Waals surface area (Å²) in [5, 5.41) is 14.7. The maximum absolute atomic E-state index is 11.9. The van der Waals surface area contributed by atoms with Crippen LogP contribution in [0.15, 0.2) is 30.3 Å². The summed E-state index contributed by atoms with van der Waals surface area (Å²) in [6.45, 7) is 1.54. The Morgan fingerprint density at radius 2 is 2.11 bits per heavy atom. The summed E-state index contributed by atoms with van der Waals surface area (Å²) in [6, 6.07) is 7.53. The molecule has 0 radical (unpaired) electrons. The van der Waals surface area contributed by atoms with Crippen molar-refractivity contribution in [2.75, 3.05) is 19.7 Å². The molecule has 1 aliphatic heterocycles. The van der Waals surface area contributed by atoms with Crippen molar-refractivity contribution in [3.63, 3.8) is 0 Å². The zero-order chi connectivity index (χ0) is 13.7. The van der Waals surface area contributed by atoms with Gasteiger partial charge in [0.15, 0.2) is 6.04 Å². The largest absolute Gasteiger partial charge is 0.479 e. The van der Waals surface area contributed by atoms with Gasteiger partial charge in [0.05, 0.1) is 6.61 Å². The molecule has 1 amide bonds. The molecule has 19 heavy (non-hydrogen) atoms. The van der Waals surface area contributed by atoms with Gasteiger partial charge in [0.25, 0.3) is 5.91 Å². The molecule has 1 aromatic carbocycles. The molecule has 1 saturated heterocycles. The molecule has 2 atom stereocenters. The SMILES string of the molecule is O=C(NC(C(=O)O)c1ccccc1)C1CNCCO1. The average Bonchev–Trinajstić information content (AvgIpc) is 2.46. The number of benzene rings is 1. The number of aliphatic carboxylic acids is 1. The normalized spacial score (nSPS) is 20.5. The van der Waals surface area contributed by atoms with Crippen LogP contribution in [-0.2, 0) is 14.3 Å². The molecular formula is C13H16N2O4. The van der Waals surface area contributed by atoms with Crippen molar-refractivity contribution in [2.45, 2.75) is 12.1 Å². The highest BCUT2D eigenvalue weighted by atomic mass is 16.5. The number of hydrogen-bond donors (Lipinski definition) is 3. The fourth-order valence-corrected chi connectivity index (χ4v) is 1.90. The average molecular weight is 264 g/mol. The highest BCUT2D eigenvalue weighted by molar-refractivity contribution is 5.87. The minimum Gasteiger partial charge on any atom is -0.479 e. The number of morpholine rings is 1. The van der Waals surface area contributed by atoms with Gasteiger partial charge in [-0.25, -0.2) is 4.79 Å². The minimum absolute atomic E-state index is 0.396. The topological polar surface area (TPSA) is 87.7 Å². The van der Waals surface area contributed by atoms with Gasteiger partial charge in [-0.15, -0.1) is 0 Å². The van der Waals surface area contributed by atoms with Crippen molar-refractivity contribution in [1.82, 2.24) is 10.6 Å². The van der Waals surface area contributed by atoms with E-state index >= 15 is 0 Å². The van der Waals surface area contributed by atoms with Crippen LogP contribution in [0.5, 0.6) is 0 Å². The zero-order valence-electron chi connectivity index (χ0n) is 10.3. The van der Waals surface area contributed by atoms with E-state index in [0.717, 1.165) is 0 Å². The third kappa shape index (κ3) is 3.52. The van der Waals surface area contributed by atoms with Crippen LogP contribution in [0, 0.1) is 0 Å². The lowest BCUT2D eigenvalue weighted by atomic mass is 10.1. The number of carbonyl (C=O) groups excluding carboxylic acids is 1. The number of hydrogen-bond acceptors (Lipinski definition) is 4. The van der Waals surface area contributed by atoms with Crippen LogP contribution >= 0.6 is 0 Å². The fraction of sp³-hybridized carbons (Fsp3) is 0.385. The van der Waals surface area contributed by atoms with Crippen molar-refractivity contribution in [1.29, 1.82) is 0 Å². The summed E-state index contributed by atoms with van der Waals surface area (Å²) in [5.74, 6) is -1.51. The van der Waals surface area contributed by atoms with Crippen molar-refractivity contribution in [3.05, 3.63) is 35.9 Å². The standard InChI is InChI=1S/C13H16N2O4/c16-12(10-8-14-6-7-19-10)15-11(13(17)18)9-4-2-1-3-5-9/h1-5,10-11,14H,6-8H2,(H,15,16)(H,17,18). The van der Waals surface area contributed by atoms with Crippen LogP contribution in [0.3, 0.4) is 0 Å². The number of rotatable bonds is 4. The van der Waals surface area contributed by atoms with Gasteiger partial charge >= 0.3 is 5.97 Å². The molecule has 0 aliphatic carbocycles. The molecule has 1 fully saturated rings. The third-order valence-electron chi connectivity index (χ3n) is 2.89. The smallest absolute Gasteiger partial charge is 0.330 e. The number of nitrogens with one attached hydrogen (secondary N) is 2. The number of carboxylic acid groups (broad SMARTS) is 1. The van der Waals surface area contributed by atoms with Gasteiger partial charge in [0, 0.05) is 13.1 Å². The van der Waals surface area contributed by atoms with Crippen LogP contribution in [0.1, 0.15) is 11.6 Å². The number of carboxylic acids is 1. The second kappa shape index (κ2) is 6.31. The maximum atomic E-state index is 11.9. The summed E-state index contributed by atoms with van der Waals surface area (Å²) in [7, 11) is 0. The molecule has 102 valence electrons. The van der Waals surface area contributed by atoms with E-state index in [-0.39, 0.29) is 0 Å². The van der Waals surface area contributed by atoms with Gasteiger partial charge in [-0.05, 0) is 5.56 Å². The van der Waals surface area contributed by atoms with E-state index in [2.05, 4.69) is 10.6 Å². The molecule has 6 nitrogen and oxygen atoms in total. The molecule has 2 rings (SSSR count). The van der Waals surface area contributed by atoms with E-state index in [4.69, 9.17) is 4.74 Å². The lowest BCUT2D eigenvalue weighted by Gasteiger charge is -2.24. The summed E-state index contributed by atoms with van der Waals surface area (Å²) in [6.07, 6.45) is -0.640. The Morgan fingerprint density at radius 3 is 2.68 bits per heavy atom. The summed E-state index contributed by atoms with van der Waals surface area (Å²) >= 11 is 0. The predicted octanol–water partition coefficient (Wildman–Crippen LogP) is -0.0831. The second-order valence-corrected chi connectivity index (χ2v) is 4.25. The first kappa shape index (κ1) is 13.5. The van der Waals surface area contributed by atoms with Gasteiger partial charge in [0.2, 0.25) is 0 Å². The molecule has 6 heteroatoms. The maximum Gasteiger partial charge on any atom is 0.330 e. The van der Waals surface area contributed by atoms with Gasteiger partial charge in [-0.2, -0.15) is 0 Å². The lowest BCUT2D eigenvalue weighted by molar-refractivity contribution is -0.145. The van der Waals surface area contributed by atoms with Crippen LogP contribution in [0.25, 0.3) is 0 Å². The van der Waals surface area contributed by atoms with Crippen molar-refractivity contribution in [3.8, 4) is 0 Å². The second-order valence-electron chi connectivity index (χ2n) is 4.25. The molecule has 1 aliphatic rings. The van der Waals surface area contributed by atoms with Gasteiger partial charge in [-0.3, -0.25) is 4.79 Å². The summed E-state index contributed by atoms with van der Waals surface area (Å²) < 4.78 is 5.29. The molecule has 1 heterocycles. The number of amides is 1. The number of ether oxygens (including phenoxy) is 1. The molecule has 0 aromatic heterocycles. The van der Waals surface area contributed by atoms with E-state index < -0.39 is 24.0 Å². The van der Waals surface area contributed by atoms with Crippen molar-refractivity contribution in [2.24, 2.45) is 0 Å². The Balaban J connectivity index is 2.04. The van der Waals surface area contributed by atoms with E-state index in [1.165, 1.54) is 0 Å². The quantitative estimate of drug-likeness (QED) is 0.708. The molecule has 0 spiro atoms. The van der Waals surface area contributed by atoms with Gasteiger partial charge in [0.1, 0.15) is 6.10 Å². The highest BCUT2D eigenvalue weighted by Gasteiger charge is 2.27. The first-order valence-electron chi connectivity index (χ1n) is 6.09. The van der Waals surface area contributed by atoms with Crippen LogP contribution in [-0.4, -0.2) is 42.8 Å². The Morgan fingerprint density at radius 1 is 1.37 bits per heavy atom. The molecule has 1 aromatic rings. The Kier molecular flexibility index (Phi) is 4.48.